The summed E-state index contributed by atoms with van der Waals surface area (Å²) in [5.74, 6) is 0. The second kappa shape index (κ2) is 6.61. The van der Waals surface area contributed by atoms with Gasteiger partial charge in [0.15, 0.2) is 0 Å². The van der Waals surface area contributed by atoms with Crippen molar-refractivity contribution in [1.29, 1.82) is 0 Å². The van der Waals surface area contributed by atoms with E-state index in [-0.39, 0.29) is 15.0 Å². The lowest BCUT2D eigenvalue weighted by Crippen LogP contribution is -2.27. The van der Waals surface area contributed by atoms with Gasteiger partial charge < -0.3 is 0 Å². The Balaban J connectivity index is 1.70. The van der Waals surface area contributed by atoms with Crippen molar-refractivity contribution in [2.75, 3.05) is 13.1 Å². The number of sulfonamides is 2. The third kappa shape index (κ3) is 3.67. The van der Waals surface area contributed by atoms with Crippen molar-refractivity contribution in [3.8, 4) is 0 Å². The molecule has 2 aromatic heterocycles. The monoisotopic (exact) mass is 392 g/mol. The largest absolute Gasteiger partial charge is 0.252 e. The topological polar surface area (TPSA) is 83.5 Å². The SMILES string of the molecule is O=S(=O)(NCc1ccc(S(=O)(=O)N2CCCC2)s1)c1cccs1. The molecule has 0 unspecified atom stereocenters. The summed E-state index contributed by atoms with van der Waals surface area (Å²) in [6.07, 6.45) is 1.77. The molecule has 1 fully saturated rings. The minimum Gasteiger partial charge on any atom is -0.206 e. The predicted molar refractivity (Wildman–Crippen MR) is 90.7 cm³/mol. The van der Waals surface area contributed by atoms with Gasteiger partial charge in [-0.1, -0.05) is 6.07 Å². The molecule has 0 spiro atoms. The molecule has 3 rings (SSSR count). The number of nitrogens with one attached hydrogen (secondary N) is 1. The van der Waals surface area contributed by atoms with Gasteiger partial charge in [0.25, 0.3) is 10.0 Å². The van der Waals surface area contributed by atoms with Crippen molar-refractivity contribution >= 4 is 42.7 Å². The molecular formula is C13H16N2O4S4. The van der Waals surface area contributed by atoms with Crippen LogP contribution in [0.5, 0.6) is 0 Å². The molecule has 3 heterocycles. The first kappa shape index (κ1) is 17.1. The predicted octanol–water partition coefficient (Wildman–Crippen LogP) is 2.07. The summed E-state index contributed by atoms with van der Waals surface area (Å²) in [6.45, 7) is 1.20. The molecule has 23 heavy (non-hydrogen) atoms. The number of nitrogens with zero attached hydrogens (tertiary/aromatic N) is 1. The van der Waals surface area contributed by atoms with Crippen LogP contribution in [0.15, 0.2) is 38.1 Å². The van der Waals surface area contributed by atoms with E-state index in [0.29, 0.717) is 18.0 Å². The molecule has 1 saturated heterocycles. The molecular weight excluding hydrogens is 376 g/mol. The fourth-order valence-corrected chi connectivity index (χ4v) is 7.40. The summed E-state index contributed by atoms with van der Waals surface area (Å²) < 4.78 is 53.5. The minimum absolute atomic E-state index is 0.0837. The molecule has 6 nitrogen and oxygen atoms in total. The Labute approximate surface area is 143 Å². The summed E-state index contributed by atoms with van der Waals surface area (Å²) >= 11 is 2.25. The molecule has 0 radical (unpaired) electrons. The van der Waals surface area contributed by atoms with Crippen LogP contribution in [-0.2, 0) is 26.6 Å². The Morgan fingerprint density at radius 1 is 1.04 bits per heavy atom. The van der Waals surface area contributed by atoms with Crippen LogP contribution in [0.3, 0.4) is 0 Å². The van der Waals surface area contributed by atoms with Crippen LogP contribution in [0.25, 0.3) is 0 Å². The Bertz CT molecular complexity index is 863. The number of rotatable bonds is 6. The van der Waals surface area contributed by atoms with Gasteiger partial charge >= 0.3 is 0 Å². The van der Waals surface area contributed by atoms with E-state index in [1.54, 1.807) is 23.6 Å². The van der Waals surface area contributed by atoms with Crippen LogP contribution < -0.4 is 4.72 Å². The zero-order valence-electron chi connectivity index (χ0n) is 12.1. The van der Waals surface area contributed by atoms with Crippen LogP contribution in [-0.4, -0.2) is 34.2 Å². The van der Waals surface area contributed by atoms with Crippen molar-refractivity contribution in [1.82, 2.24) is 9.03 Å². The lowest BCUT2D eigenvalue weighted by molar-refractivity contribution is 0.479. The summed E-state index contributed by atoms with van der Waals surface area (Å²) in [7, 11) is -6.98. The molecule has 10 heteroatoms. The lowest BCUT2D eigenvalue weighted by Gasteiger charge is -2.13. The molecule has 0 bridgehead atoms. The third-order valence-electron chi connectivity index (χ3n) is 3.49. The standard InChI is InChI=1S/C13H16N2O4S4/c16-22(17,12-4-3-9-20-12)14-10-11-5-6-13(21-11)23(18,19)15-7-1-2-8-15/h3-6,9,14H,1-2,7-8,10H2. The smallest absolute Gasteiger partial charge is 0.206 e. The van der Waals surface area contributed by atoms with Crippen molar-refractivity contribution in [2.45, 2.75) is 27.8 Å². The normalized spacial score (nSPS) is 16.9. The van der Waals surface area contributed by atoms with E-state index < -0.39 is 20.0 Å². The van der Waals surface area contributed by atoms with Crippen LogP contribution >= 0.6 is 22.7 Å². The summed E-state index contributed by atoms with van der Waals surface area (Å²) in [4.78, 5) is 0.669. The van der Waals surface area contributed by atoms with Crippen molar-refractivity contribution < 1.29 is 16.8 Å². The Hall–Kier alpha value is -0.780. The maximum absolute atomic E-state index is 12.4. The highest BCUT2D eigenvalue weighted by molar-refractivity contribution is 7.91. The van der Waals surface area contributed by atoms with Crippen LogP contribution in [0.4, 0.5) is 0 Å². The average Bonchev–Trinajstić information content (AvgIpc) is 3.27. The average molecular weight is 393 g/mol. The zero-order chi connectivity index (χ0) is 16.5. The second-order valence-corrected chi connectivity index (χ2v) is 11.4. The molecule has 0 atom stereocenters. The van der Waals surface area contributed by atoms with E-state index in [9.17, 15) is 16.8 Å². The maximum Gasteiger partial charge on any atom is 0.252 e. The van der Waals surface area contributed by atoms with Gasteiger partial charge in [-0.05, 0) is 36.4 Å². The van der Waals surface area contributed by atoms with Gasteiger partial charge in [0.1, 0.15) is 8.42 Å². The van der Waals surface area contributed by atoms with Gasteiger partial charge in [0.05, 0.1) is 0 Å². The summed E-state index contributed by atoms with van der Waals surface area (Å²) in [5.41, 5.74) is 0. The highest BCUT2D eigenvalue weighted by Gasteiger charge is 2.28. The molecule has 0 saturated carbocycles. The van der Waals surface area contributed by atoms with Gasteiger partial charge in [-0.2, -0.15) is 4.31 Å². The van der Waals surface area contributed by atoms with Crippen molar-refractivity contribution in [3.05, 3.63) is 34.5 Å². The first-order valence-corrected chi connectivity index (χ1v) is 11.6. The number of thiophene rings is 2. The Morgan fingerprint density at radius 3 is 2.43 bits per heavy atom. The summed E-state index contributed by atoms with van der Waals surface area (Å²) in [5, 5.41) is 1.69. The highest BCUT2D eigenvalue weighted by atomic mass is 32.3. The second-order valence-electron chi connectivity index (χ2n) is 5.09. The first-order chi connectivity index (χ1) is 10.9. The first-order valence-electron chi connectivity index (χ1n) is 7.02. The molecule has 0 aliphatic carbocycles. The fraction of sp³-hybridized carbons (Fsp3) is 0.385. The highest BCUT2D eigenvalue weighted by Crippen LogP contribution is 2.27. The lowest BCUT2D eigenvalue weighted by atomic mass is 10.4. The zero-order valence-corrected chi connectivity index (χ0v) is 15.4. The van der Waals surface area contributed by atoms with Gasteiger partial charge in [-0.15, -0.1) is 22.7 Å². The van der Waals surface area contributed by atoms with E-state index in [2.05, 4.69) is 4.72 Å². The van der Waals surface area contributed by atoms with Crippen molar-refractivity contribution in [2.24, 2.45) is 0 Å². The maximum atomic E-state index is 12.4. The third-order valence-corrected chi connectivity index (χ3v) is 9.74. The van der Waals surface area contributed by atoms with E-state index in [4.69, 9.17) is 0 Å². The fourth-order valence-electron chi connectivity index (χ4n) is 2.30. The van der Waals surface area contributed by atoms with Gasteiger partial charge in [-0.3, -0.25) is 0 Å². The van der Waals surface area contributed by atoms with Crippen molar-refractivity contribution in [3.63, 3.8) is 0 Å². The molecule has 0 aromatic carbocycles. The quantitative estimate of drug-likeness (QED) is 0.816. The Morgan fingerprint density at radius 2 is 1.78 bits per heavy atom. The van der Waals surface area contributed by atoms with E-state index in [1.807, 2.05) is 0 Å². The number of hydrogen-bond acceptors (Lipinski definition) is 6. The molecule has 126 valence electrons. The van der Waals surface area contributed by atoms with E-state index >= 15 is 0 Å². The number of hydrogen-bond donors (Lipinski definition) is 1. The van der Waals surface area contributed by atoms with Gasteiger partial charge in [0.2, 0.25) is 10.0 Å². The molecule has 1 aliphatic rings. The minimum atomic E-state index is -3.54. The van der Waals surface area contributed by atoms with Gasteiger partial charge in [-0.25, -0.2) is 21.6 Å². The van der Waals surface area contributed by atoms with Crippen LogP contribution in [0, 0.1) is 0 Å². The Kier molecular flexibility index (Phi) is 4.90. The van der Waals surface area contributed by atoms with E-state index in [0.717, 1.165) is 35.5 Å². The van der Waals surface area contributed by atoms with Crippen LogP contribution in [0.1, 0.15) is 17.7 Å². The molecule has 2 aromatic rings. The van der Waals surface area contributed by atoms with Gasteiger partial charge in [0, 0.05) is 24.5 Å². The summed E-state index contributed by atoms with van der Waals surface area (Å²) in [6, 6.07) is 6.41. The molecule has 0 amide bonds. The van der Waals surface area contributed by atoms with Crippen LogP contribution in [0.2, 0.25) is 0 Å². The molecule has 1 aliphatic heterocycles. The molecule has 1 N–H and O–H groups in total. The van der Waals surface area contributed by atoms with E-state index in [1.165, 1.54) is 10.4 Å².